The number of carbonyl (C=O) groups is 1. The van der Waals surface area contributed by atoms with Gasteiger partial charge in [-0.15, -0.1) is 0 Å². The second-order valence-corrected chi connectivity index (χ2v) is 5.22. The Kier molecular flexibility index (Phi) is 3.71. The first-order valence-corrected chi connectivity index (χ1v) is 6.87. The van der Waals surface area contributed by atoms with Crippen LogP contribution < -0.4 is 0 Å². The molecule has 21 heavy (non-hydrogen) atoms. The SMILES string of the molecule is O=C(Cc1cc(F)ccc1Cl)Cn1cnc2ccccc21. The summed E-state index contributed by atoms with van der Waals surface area (Å²) in [5.74, 6) is -0.444. The van der Waals surface area contributed by atoms with Gasteiger partial charge in [0.15, 0.2) is 5.78 Å². The molecule has 106 valence electrons. The molecule has 2 aromatic carbocycles. The Morgan fingerprint density at radius 3 is 2.90 bits per heavy atom. The molecule has 0 N–H and O–H groups in total. The van der Waals surface area contributed by atoms with E-state index in [0.29, 0.717) is 10.6 Å². The topological polar surface area (TPSA) is 34.9 Å². The maximum Gasteiger partial charge on any atom is 0.156 e. The Morgan fingerprint density at radius 1 is 1.24 bits per heavy atom. The zero-order valence-corrected chi connectivity index (χ0v) is 11.8. The van der Waals surface area contributed by atoms with Gasteiger partial charge in [0.1, 0.15) is 5.82 Å². The van der Waals surface area contributed by atoms with Crippen molar-refractivity contribution in [3.8, 4) is 0 Å². The number of ketones is 1. The highest BCUT2D eigenvalue weighted by Crippen LogP contribution is 2.18. The fourth-order valence-corrected chi connectivity index (χ4v) is 2.46. The summed E-state index contributed by atoms with van der Waals surface area (Å²) in [5, 5.41) is 0.403. The third-order valence-corrected chi connectivity index (χ3v) is 3.64. The molecule has 0 saturated heterocycles. The molecule has 5 heteroatoms. The molecule has 0 aliphatic carbocycles. The van der Waals surface area contributed by atoms with Crippen LogP contribution in [0, 0.1) is 5.82 Å². The molecule has 1 heterocycles. The van der Waals surface area contributed by atoms with Crippen molar-refractivity contribution in [3.63, 3.8) is 0 Å². The van der Waals surface area contributed by atoms with E-state index in [1.807, 2.05) is 24.3 Å². The highest BCUT2D eigenvalue weighted by molar-refractivity contribution is 6.31. The number of imidazole rings is 1. The number of Topliss-reactive ketones (excluding diaryl/α,β-unsaturated/α-hetero) is 1. The second-order valence-electron chi connectivity index (χ2n) is 4.81. The summed E-state index contributed by atoms with van der Waals surface area (Å²) >= 11 is 5.98. The van der Waals surface area contributed by atoms with E-state index in [-0.39, 0.29) is 18.7 Å². The first kappa shape index (κ1) is 13.8. The number of rotatable bonds is 4. The number of nitrogens with zero attached hydrogens (tertiary/aromatic N) is 2. The summed E-state index contributed by atoms with van der Waals surface area (Å²) in [6.45, 7) is 0.188. The van der Waals surface area contributed by atoms with E-state index < -0.39 is 5.82 Å². The van der Waals surface area contributed by atoms with E-state index in [1.165, 1.54) is 18.2 Å². The number of fused-ring (bicyclic) bond motifs is 1. The van der Waals surface area contributed by atoms with Crippen LogP contribution in [0.1, 0.15) is 5.56 Å². The summed E-state index contributed by atoms with van der Waals surface area (Å²) in [6.07, 6.45) is 1.73. The van der Waals surface area contributed by atoms with Crippen LogP contribution in [0.25, 0.3) is 11.0 Å². The van der Waals surface area contributed by atoms with Crippen molar-refractivity contribution >= 4 is 28.4 Å². The number of aromatic nitrogens is 2. The summed E-state index contributed by atoms with van der Waals surface area (Å²) in [5.41, 5.74) is 2.25. The lowest BCUT2D eigenvalue weighted by molar-refractivity contribution is -0.118. The number of carbonyl (C=O) groups excluding carboxylic acids is 1. The summed E-state index contributed by atoms with van der Waals surface area (Å²) in [7, 11) is 0. The normalized spacial score (nSPS) is 11.0. The Morgan fingerprint density at radius 2 is 2.05 bits per heavy atom. The Balaban J connectivity index is 1.79. The van der Waals surface area contributed by atoms with Gasteiger partial charge in [-0.05, 0) is 35.9 Å². The third kappa shape index (κ3) is 2.95. The minimum atomic E-state index is -0.393. The van der Waals surface area contributed by atoms with Crippen molar-refractivity contribution < 1.29 is 9.18 Å². The van der Waals surface area contributed by atoms with Gasteiger partial charge in [-0.2, -0.15) is 0 Å². The molecule has 0 bridgehead atoms. The quantitative estimate of drug-likeness (QED) is 0.737. The fourth-order valence-electron chi connectivity index (χ4n) is 2.27. The minimum absolute atomic E-state index is 0.0503. The molecule has 0 unspecified atom stereocenters. The molecule has 3 rings (SSSR count). The van der Waals surface area contributed by atoms with Crippen LogP contribution in [0.15, 0.2) is 48.8 Å². The highest BCUT2D eigenvalue weighted by atomic mass is 35.5. The monoisotopic (exact) mass is 302 g/mol. The minimum Gasteiger partial charge on any atom is -0.323 e. The number of para-hydroxylation sites is 2. The van der Waals surface area contributed by atoms with Gasteiger partial charge in [-0.1, -0.05) is 23.7 Å². The molecule has 3 aromatic rings. The van der Waals surface area contributed by atoms with Crippen molar-refractivity contribution in [3.05, 3.63) is 65.2 Å². The lowest BCUT2D eigenvalue weighted by atomic mass is 10.1. The molecule has 0 amide bonds. The van der Waals surface area contributed by atoms with Crippen LogP contribution in [0.4, 0.5) is 4.39 Å². The van der Waals surface area contributed by atoms with Crippen LogP contribution in [-0.2, 0) is 17.8 Å². The van der Waals surface area contributed by atoms with Crippen LogP contribution in [-0.4, -0.2) is 15.3 Å². The summed E-state index contributed by atoms with van der Waals surface area (Å²) in [4.78, 5) is 16.4. The van der Waals surface area contributed by atoms with Gasteiger partial charge >= 0.3 is 0 Å². The molecular weight excluding hydrogens is 291 g/mol. The van der Waals surface area contributed by atoms with Crippen LogP contribution >= 0.6 is 11.6 Å². The summed E-state index contributed by atoms with van der Waals surface area (Å²) < 4.78 is 15.0. The molecule has 3 nitrogen and oxygen atoms in total. The average molecular weight is 303 g/mol. The first-order valence-electron chi connectivity index (χ1n) is 6.49. The van der Waals surface area contributed by atoms with E-state index in [0.717, 1.165) is 11.0 Å². The van der Waals surface area contributed by atoms with Crippen LogP contribution in [0.5, 0.6) is 0 Å². The van der Waals surface area contributed by atoms with Gasteiger partial charge in [-0.25, -0.2) is 9.37 Å². The molecule has 1 aromatic heterocycles. The van der Waals surface area contributed by atoms with Crippen molar-refractivity contribution in [1.82, 2.24) is 9.55 Å². The van der Waals surface area contributed by atoms with Gasteiger partial charge < -0.3 is 4.57 Å². The molecule has 0 aliphatic rings. The van der Waals surface area contributed by atoms with Gasteiger partial charge in [0.2, 0.25) is 0 Å². The highest BCUT2D eigenvalue weighted by Gasteiger charge is 2.11. The predicted octanol–water partition coefficient (Wildman–Crippen LogP) is 3.64. The van der Waals surface area contributed by atoms with E-state index in [2.05, 4.69) is 4.98 Å². The predicted molar refractivity (Wildman–Crippen MR) is 79.9 cm³/mol. The standard InChI is InChI=1S/C16H12ClFN2O/c17-14-6-5-12(18)7-11(14)8-13(21)9-20-10-19-15-3-1-2-4-16(15)20/h1-7,10H,8-9H2. The number of benzene rings is 2. The van der Waals surface area contributed by atoms with Crippen molar-refractivity contribution in [2.45, 2.75) is 13.0 Å². The first-order chi connectivity index (χ1) is 10.1. The lowest BCUT2D eigenvalue weighted by Crippen LogP contribution is -2.12. The van der Waals surface area contributed by atoms with E-state index >= 15 is 0 Å². The van der Waals surface area contributed by atoms with Gasteiger partial charge in [0, 0.05) is 11.4 Å². The molecule has 0 atom stereocenters. The van der Waals surface area contributed by atoms with Crippen LogP contribution in [0.3, 0.4) is 0 Å². The zero-order valence-electron chi connectivity index (χ0n) is 11.1. The number of hydrogen-bond donors (Lipinski definition) is 0. The lowest BCUT2D eigenvalue weighted by Gasteiger charge is -2.06. The molecule has 0 fully saturated rings. The number of halogens is 2. The molecule has 0 saturated carbocycles. The van der Waals surface area contributed by atoms with E-state index in [9.17, 15) is 9.18 Å². The van der Waals surface area contributed by atoms with Crippen molar-refractivity contribution in [1.29, 1.82) is 0 Å². The summed E-state index contributed by atoms with van der Waals surface area (Å²) in [6, 6.07) is 11.6. The largest absolute Gasteiger partial charge is 0.323 e. The maximum absolute atomic E-state index is 13.2. The Bertz CT molecular complexity index is 813. The third-order valence-electron chi connectivity index (χ3n) is 3.27. The number of hydrogen-bond acceptors (Lipinski definition) is 2. The Hall–Kier alpha value is -2.20. The van der Waals surface area contributed by atoms with Gasteiger partial charge in [0.25, 0.3) is 0 Å². The van der Waals surface area contributed by atoms with E-state index in [1.54, 1.807) is 10.9 Å². The second kappa shape index (κ2) is 5.66. The molecule has 0 aliphatic heterocycles. The zero-order chi connectivity index (χ0) is 14.8. The smallest absolute Gasteiger partial charge is 0.156 e. The molecule has 0 radical (unpaired) electrons. The van der Waals surface area contributed by atoms with Crippen LogP contribution in [0.2, 0.25) is 5.02 Å². The van der Waals surface area contributed by atoms with Crippen molar-refractivity contribution in [2.24, 2.45) is 0 Å². The van der Waals surface area contributed by atoms with E-state index in [4.69, 9.17) is 11.6 Å². The fraction of sp³-hybridized carbons (Fsp3) is 0.125. The molecule has 0 spiro atoms. The van der Waals surface area contributed by atoms with Gasteiger partial charge in [-0.3, -0.25) is 4.79 Å². The van der Waals surface area contributed by atoms with Gasteiger partial charge in [0.05, 0.1) is 23.9 Å². The molecular formula is C16H12ClFN2O. The maximum atomic E-state index is 13.2. The Labute approximate surface area is 126 Å². The van der Waals surface area contributed by atoms with Crippen molar-refractivity contribution in [2.75, 3.05) is 0 Å². The average Bonchev–Trinajstić information content (AvgIpc) is 2.86.